The van der Waals surface area contributed by atoms with Gasteiger partial charge in [-0.05, 0) is 24.1 Å². The Hall–Kier alpha value is -2.37. The fourth-order valence-electron chi connectivity index (χ4n) is 2.30. The number of hydrogen-bond donors (Lipinski definition) is 2. The van der Waals surface area contributed by atoms with Gasteiger partial charge in [0, 0.05) is 17.6 Å². The van der Waals surface area contributed by atoms with Crippen LogP contribution in [0.15, 0.2) is 53.1 Å². The van der Waals surface area contributed by atoms with Gasteiger partial charge in [0.05, 0.1) is 13.2 Å². The maximum Gasteiger partial charge on any atom is 0.212 e. The van der Waals surface area contributed by atoms with E-state index in [2.05, 4.69) is 10.4 Å². The zero-order valence-corrected chi connectivity index (χ0v) is 11.7. The number of furan rings is 1. The molecule has 1 aromatic carbocycles. The standard InChI is InChI=1S/C16H17N3O2/c1-20-16-7-6-11(10-18-16)8-13(19-17)15-9-12-4-2-3-5-14(12)21-15/h2-7,9-10,13,19H,8,17H2,1H3. The van der Waals surface area contributed by atoms with E-state index in [0.29, 0.717) is 12.3 Å². The predicted molar refractivity (Wildman–Crippen MR) is 80.8 cm³/mol. The van der Waals surface area contributed by atoms with Crippen LogP contribution in [0.5, 0.6) is 5.88 Å². The Labute approximate surface area is 122 Å². The van der Waals surface area contributed by atoms with Gasteiger partial charge < -0.3 is 9.15 Å². The quantitative estimate of drug-likeness (QED) is 0.556. The van der Waals surface area contributed by atoms with E-state index in [1.54, 1.807) is 13.3 Å². The van der Waals surface area contributed by atoms with Gasteiger partial charge >= 0.3 is 0 Å². The van der Waals surface area contributed by atoms with E-state index in [9.17, 15) is 0 Å². The molecule has 0 aliphatic rings. The minimum atomic E-state index is -0.104. The molecule has 0 saturated carbocycles. The van der Waals surface area contributed by atoms with Gasteiger partial charge in [-0.2, -0.15) is 0 Å². The fraction of sp³-hybridized carbons (Fsp3) is 0.188. The first-order valence-electron chi connectivity index (χ1n) is 6.73. The molecule has 108 valence electrons. The van der Waals surface area contributed by atoms with Crippen LogP contribution in [-0.2, 0) is 6.42 Å². The van der Waals surface area contributed by atoms with Crippen molar-refractivity contribution in [2.24, 2.45) is 5.84 Å². The summed E-state index contributed by atoms with van der Waals surface area (Å²) in [5, 5.41) is 1.07. The van der Waals surface area contributed by atoms with Gasteiger partial charge in [0.1, 0.15) is 11.3 Å². The van der Waals surface area contributed by atoms with Crippen molar-refractivity contribution in [2.75, 3.05) is 7.11 Å². The number of para-hydroxylation sites is 1. The SMILES string of the molecule is COc1ccc(CC(NN)c2cc3ccccc3o2)cn1. The van der Waals surface area contributed by atoms with Gasteiger partial charge in [-0.15, -0.1) is 0 Å². The minimum Gasteiger partial charge on any atom is -0.481 e. The summed E-state index contributed by atoms with van der Waals surface area (Å²) in [4.78, 5) is 4.20. The van der Waals surface area contributed by atoms with Crippen molar-refractivity contribution in [3.63, 3.8) is 0 Å². The molecule has 0 fully saturated rings. The van der Waals surface area contributed by atoms with Gasteiger partial charge in [0.15, 0.2) is 0 Å². The summed E-state index contributed by atoms with van der Waals surface area (Å²) >= 11 is 0. The lowest BCUT2D eigenvalue weighted by Crippen LogP contribution is -2.29. The van der Waals surface area contributed by atoms with Crippen molar-refractivity contribution in [2.45, 2.75) is 12.5 Å². The Morgan fingerprint density at radius 1 is 1.29 bits per heavy atom. The molecule has 0 aliphatic carbocycles. The van der Waals surface area contributed by atoms with Crippen molar-refractivity contribution in [3.05, 3.63) is 60.0 Å². The number of rotatable bonds is 5. The number of pyridine rings is 1. The van der Waals surface area contributed by atoms with Crippen LogP contribution in [0.3, 0.4) is 0 Å². The lowest BCUT2D eigenvalue weighted by molar-refractivity contribution is 0.396. The summed E-state index contributed by atoms with van der Waals surface area (Å²) in [6.45, 7) is 0. The number of hydrazine groups is 1. The molecule has 0 spiro atoms. The van der Waals surface area contributed by atoms with Crippen molar-refractivity contribution in [1.82, 2.24) is 10.4 Å². The molecule has 0 saturated heterocycles. The second-order valence-corrected chi connectivity index (χ2v) is 4.82. The first-order valence-corrected chi connectivity index (χ1v) is 6.73. The van der Waals surface area contributed by atoms with Gasteiger partial charge in [0.2, 0.25) is 5.88 Å². The molecule has 0 radical (unpaired) electrons. The van der Waals surface area contributed by atoms with Crippen LogP contribution in [0.25, 0.3) is 11.0 Å². The maximum absolute atomic E-state index is 5.85. The van der Waals surface area contributed by atoms with Gasteiger partial charge in [-0.1, -0.05) is 24.3 Å². The highest BCUT2D eigenvalue weighted by Crippen LogP contribution is 2.25. The van der Waals surface area contributed by atoms with Crippen LogP contribution in [0.1, 0.15) is 17.4 Å². The third-order valence-electron chi connectivity index (χ3n) is 3.44. The summed E-state index contributed by atoms with van der Waals surface area (Å²) in [5.41, 5.74) is 4.72. The fourth-order valence-corrected chi connectivity index (χ4v) is 2.30. The normalized spacial score (nSPS) is 12.5. The smallest absolute Gasteiger partial charge is 0.212 e. The molecule has 1 atom stereocenters. The summed E-state index contributed by atoms with van der Waals surface area (Å²) in [6, 6.07) is 13.6. The molecule has 3 aromatic rings. The molecule has 0 aliphatic heterocycles. The van der Waals surface area contributed by atoms with Gasteiger partial charge in [0.25, 0.3) is 0 Å². The highest BCUT2D eigenvalue weighted by molar-refractivity contribution is 5.77. The predicted octanol–water partition coefficient (Wildman–Crippen LogP) is 2.58. The van der Waals surface area contributed by atoms with Crippen LogP contribution < -0.4 is 16.0 Å². The van der Waals surface area contributed by atoms with E-state index in [4.69, 9.17) is 15.0 Å². The van der Waals surface area contributed by atoms with Crippen molar-refractivity contribution < 1.29 is 9.15 Å². The van der Waals surface area contributed by atoms with Gasteiger partial charge in [-0.3, -0.25) is 5.84 Å². The molecule has 2 aromatic heterocycles. The summed E-state index contributed by atoms with van der Waals surface area (Å²) in [6.07, 6.45) is 2.47. The maximum atomic E-state index is 5.85. The van der Waals surface area contributed by atoms with Crippen molar-refractivity contribution in [1.29, 1.82) is 0 Å². The Morgan fingerprint density at radius 2 is 2.14 bits per heavy atom. The zero-order valence-electron chi connectivity index (χ0n) is 11.7. The molecular weight excluding hydrogens is 266 g/mol. The number of nitrogens with zero attached hydrogens (tertiary/aromatic N) is 1. The largest absolute Gasteiger partial charge is 0.481 e. The van der Waals surface area contributed by atoms with E-state index >= 15 is 0 Å². The Balaban J connectivity index is 1.83. The minimum absolute atomic E-state index is 0.104. The van der Waals surface area contributed by atoms with Crippen molar-refractivity contribution in [3.8, 4) is 5.88 Å². The molecule has 5 heteroatoms. The number of fused-ring (bicyclic) bond motifs is 1. The molecule has 3 rings (SSSR count). The lowest BCUT2D eigenvalue weighted by atomic mass is 10.1. The summed E-state index contributed by atoms with van der Waals surface area (Å²) < 4.78 is 10.9. The van der Waals surface area contributed by atoms with Gasteiger partial charge in [-0.25, -0.2) is 10.4 Å². The number of ether oxygens (including phenoxy) is 1. The molecule has 2 heterocycles. The van der Waals surface area contributed by atoms with E-state index < -0.39 is 0 Å². The number of benzene rings is 1. The zero-order chi connectivity index (χ0) is 14.7. The van der Waals surface area contributed by atoms with Crippen LogP contribution in [0, 0.1) is 0 Å². The second-order valence-electron chi connectivity index (χ2n) is 4.82. The summed E-state index contributed by atoms with van der Waals surface area (Å²) in [7, 11) is 1.60. The molecule has 21 heavy (non-hydrogen) atoms. The van der Waals surface area contributed by atoms with E-state index in [0.717, 1.165) is 22.3 Å². The molecule has 3 N–H and O–H groups in total. The average Bonchev–Trinajstić information content (AvgIpc) is 2.97. The molecular formula is C16H17N3O2. The Morgan fingerprint density at radius 3 is 2.81 bits per heavy atom. The number of nitrogens with one attached hydrogen (secondary N) is 1. The van der Waals surface area contributed by atoms with Crippen LogP contribution in [-0.4, -0.2) is 12.1 Å². The van der Waals surface area contributed by atoms with Crippen LogP contribution >= 0.6 is 0 Å². The highest BCUT2D eigenvalue weighted by Gasteiger charge is 2.15. The van der Waals surface area contributed by atoms with E-state index in [1.165, 1.54) is 0 Å². The first kappa shape index (κ1) is 13.6. The highest BCUT2D eigenvalue weighted by atomic mass is 16.5. The summed E-state index contributed by atoms with van der Waals surface area (Å²) in [5.74, 6) is 7.09. The van der Waals surface area contributed by atoms with Crippen LogP contribution in [0.4, 0.5) is 0 Å². The molecule has 5 nitrogen and oxygen atoms in total. The number of aromatic nitrogens is 1. The first-order chi connectivity index (χ1) is 10.3. The Bertz CT molecular complexity index is 689. The van der Waals surface area contributed by atoms with E-state index in [-0.39, 0.29) is 6.04 Å². The third-order valence-corrected chi connectivity index (χ3v) is 3.44. The molecule has 1 unspecified atom stereocenters. The lowest BCUT2D eigenvalue weighted by Gasteiger charge is -2.13. The second kappa shape index (κ2) is 5.95. The van der Waals surface area contributed by atoms with Crippen LogP contribution in [0.2, 0.25) is 0 Å². The number of hydrogen-bond acceptors (Lipinski definition) is 5. The Kier molecular flexibility index (Phi) is 3.85. The molecule has 0 amide bonds. The average molecular weight is 283 g/mol. The van der Waals surface area contributed by atoms with Crippen molar-refractivity contribution >= 4 is 11.0 Å². The monoisotopic (exact) mass is 283 g/mol. The topological polar surface area (TPSA) is 73.3 Å². The number of methoxy groups -OCH3 is 1. The third kappa shape index (κ3) is 2.89. The van der Waals surface area contributed by atoms with E-state index in [1.807, 2.05) is 42.5 Å². The number of nitrogens with two attached hydrogens (primary N) is 1. The molecule has 0 bridgehead atoms.